The maximum Gasteiger partial charge on any atom is 0.0757 e. The molecule has 4 aromatic carbocycles. The van der Waals surface area contributed by atoms with E-state index >= 15 is 0 Å². The largest absolute Gasteiger partial charge is 0.0757 e. The van der Waals surface area contributed by atoms with Crippen molar-refractivity contribution >= 4 is 21.7 Å². The maximum atomic E-state index is 2.47. The van der Waals surface area contributed by atoms with Gasteiger partial charge in [-0.05, 0) is 58.4 Å². The minimum atomic E-state index is 0.00827. The van der Waals surface area contributed by atoms with Crippen molar-refractivity contribution in [1.82, 2.24) is 0 Å². The lowest BCUT2D eigenvalue weighted by Gasteiger charge is -2.38. The van der Waals surface area contributed by atoms with Crippen LogP contribution in [0.2, 0.25) is 0 Å². The number of fused-ring (bicyclic) bond motifs is 2. The molecule has 2 aliphatic carbocycles. The molecule has 4 aromatic rings. The van der Waals surface area contributed by atoms with Crippen molar-refractivity contribution in [2.45, 2.75) is 37.8 Å². The molecule has 0 saturated heterocycles. The SMILES string of the molecule is CC1=Cc2c(-c3ccccc3)cccc2C1(C)[Si]C1(C)C(C)=Cc2c(-c3ccccc3)cccc21. The normalized spacial score (nSPS) is 22.4. The van der Waals surface area contributed by atoms with Crippen molar-refractivity contribution in [3.8, 4) is 22.3 Å². The van der Waals surface area contributed by atoms with E-state index in [2.05, 4.69) is 137 Å². The molecule has 2 atom stereocenters. The van der Waals surface area contributed by atoms with E-state index in [0.29, 0.717) is 9.52 Å². The van der Waals surface area contributed by atoms with Crippen molar-refractivity contribution in [1.29, 1.82) is 0 Å². The van der Waals surface area contributed by atoms with E-state index in [1.54, 1.807) is 0 Å². The van der Waals surface area contributed by atoms with Gasteiger partial charge in [-0.15, -0.1) is 0 Å². The summed E-state index contributed by atoms with van der Waals surface area (Å²) in [5.74, 6) is 0. The van der Waals surface area contributed by atoms with Gasteiger partial charge in [-0.1, -0.05) is 134 Å². The summed E-state index contributed by atoms with van der Waals surface area (Å²) >= 11 is 0. The number of rotatable bonds is 4. The average Bonchev–Trinajstić information content (AvgIpc) is 3.29. The van der Waals surface area contributed by atoms with Crippen LogP contribution in [0.25, 0.3) is 34.4 Å². The molecule has 2 unspecified atom stereocenters. The lowest BCUT2D eigenvalue weighted by molar-refractivity contribution is 0.717. The Kier molecular flexibility index (Phi) is 5.09. The molecule has 6 rings (SSSR count). The molecule has 0 amide bonds. The first kappa shape index (κ1) is 22.1. The van der Waals surface area contributed by atoms with Crippen molar-refractivity contribution < 1.29 is 0 Å². The molecule has 0 fully saturated rings. The molecule has 0 spiro atoms. The van der Waals surface area contributed by atoms with Crippen molar-refractivity contribution in [3.05, 3.63) is 130 Å². The Morgan fingerprint density at radius 3 is 1.29 bits per heavy atom. The van der Waals surface area contributed by atoms with Crippen LogP contribution in [-0.4, -0.2) is 9.52 Å². The summed E-state index contributed by atoms with van der Waals surface area (Å²) < 4.78 is 0. The molecule has 0 aliphatic heterocycles. The van der Waals surface area contributed by atoms with E-state index in [4.69, 9.17) is 0 Å². The first-order valence-electron chi connectivity index (χ1n) is 12.5. The van der Waals surface area contributed by atoms with Gasteiger partial charge < -0.3 is 0 Å². The van der Waals surface area contributed by atoms with Gasteiger partial charge in [0.2, 0.25) is 0 Å². The van der Waals surface area contributed by atoms with Crippen LogP contribution >= 0.6 is 0 Å². The summed E-state index contributed by atoms with van der Waals surface area (Å²) in [6.07, 6.45) is 4.90. The van der Waals surface area contributed by atoms with Gasteiger partial charge >= 0.3 is 0 Å². The van der Waals surface area contributed by atoms with Gasteiger partial charge in [0.05, 0.1) is 9.52 Å². The van der Waals surface area contributed by atoms with Crippen molar-refractivity contribution in [2.75, 3.05) is 0 Å². The fraction of sp³-hybridized carbons (Fsp3) is 0.176. The zero-order chi connectivity index (χ0) is 24.2. The van der Waals surface area contributed by atoms with E-state index in [1.807, 2.05) is 0 Å². The predicted octanol–water partition coefficient (Wildman–Crippen LogP) is 8.69. The summed E-state index contributed by atoms with van der Waals surface area (Å²) in [7, 11) is 0.712. The highest BCUT2D eigenvalue weighted by Crippen LogP contribution is 2.51. The predicted molar refractivity (Wildman–Crippen MR) is 152 cm³/mol. The summed E-state index contributed by atoms with van der Waals surface area (Å²) in [6.45, 7) is 9.60. The zero-order valence-electron chi connectivity index (χ0n) is 20.9. The molecular formula is C34H30Si. The van der Waals surface area contributed by atoms with Gasteiger partial charge in [0, 0.05) is 10.1 Å². The molecule has 0 aromatic heterocycles. The Hall–Kier alpha value is -3.42. The highest BCUT2D eigenvalue weighted by molar-refractivity contribution is 6.48. The summed E-state index contributed by atoms with van der Waals surface area (Å²) in [4.78, 5) is 0. The molecule has 0 heterocycles. The van der Waals surface area contributed by atoms with Gasteiger partial charge in [-0.25, -0.2) is 0 Å². The molecule has 35 heavy (non-hydrogen) atoms. The highest BCUT2D eigenvalue weighted by Gasteiger charge is 2.46. The molecule has 0 bridgehead atoms. The second-order valence-corrected chi connectivity index (χ2v) is 12.5. The quantitative estimate of drug-likeness (QED) is 0.264. The van der Waals surface area contributed by atoms with Crippen LogP contribution in [0.5, 0.6) is 0 Å². The Balaban J connectivity index is 1.45. The lowest BCUT2D eigenvalue weighted by Crippen LogP contribution is -2.43. The monoisotopic (exact) mass is 466 g/mol. The number of hydrogen-bond acceptors (Lipinski definition) is 0. The Bertz CT molecular complexity index is 1380. The van der Waals surface area contributed by atoms with Crippen LogP contribution in [0.1, 0.15) is 49.9 Å². The van der Waals surface area contributed by atoms with Gasteiger partial charge in [0.1, 0.15) is 0 Å². The molecule has 1 heteroatoms. The van der Waals surface area contributed by atoms with Gasteiger partial charge in [0.15, 0.2) is 0 Å². The maximum absolute atomic E-state index is 2.47. The van der Waals surface area contributed by atoms with E-state index in [-0.39, 0.29) is 10.1 Å². The lowest BCUT2D eigenvalue weighted by atomic mass is 9.92. The van der Waals surface area contributed by atoms with Crippen molar-refractivity contribution in [2.24, 2.45) is 0 Å². The van der Waals surface area contributed by atoms with Gasteiger partial charge in [0.25, 0.3) is 0 Å². The number of benzene rings is 4. The Labute approximate surface area is 211 Å². The van der Waals surface area contributed by atoms with Gasteiger partial charge in [-0.3, -0.25) is 0 Å². The summed E-state index contributed by atoms with van der Waals surface area (Å²) in [5, 5.41) is 0.0165. The fourth-order valence-corrected chi connectivity index (χ4v) is 8.27. The third-order valence-electron chi connectivity index (χ3n) is 8.26. The molecular weight excluding hydrogens is 436 g/mol. The van der Waals surface area contributed by atoms with Crippen LogP contribution in [0.4, 0.5) is 0 Å². The van der Waals surface area contributed by atoms with Gasteiger partial charge in [-0.2, -0.15) is 0 Å². The third-order valence-corrected chi connectivity index (χ3v) is 10.6. The van der Waals surface area contributed by atoms with E-state index < -0.39 is 0 Å². The minimum absolute atomic E-state index is 0.00827. The van der Waals surface area contributed by atoms with Crippen LogP contribution < -0.4 is 0 Å². The smallest absolute Gasteiger partial charge is 0.0656 e. The summed E-state index contributed by atoms with van der Waals surface area (Å²) in [6, 6.07) is 35.4. The second-order valence-electron chi connectivity index (χ2n) is 10.3. The van der Waals surface area contributed by atoms with Crippen LogP contribution in [0, 0.1) is 0 Å². The average molecular weight is 467 g/mol. The van der Waals surface area contributed by atoms with Crippen LogP contribution in [0.3, 0.4) is 0 Å². The van der Waals surface area contributed by atoms with Crippen LogP contribution in [-0.2, 0) is 10.1 Å². The van der Waals surface area contributed by atoms with E-state index in [9.17, 15) is 0 Å². The first-order valence-corrected chi connectivity index (χ1v) is 13.5. The topological polar surface area (TPSA) is 0 Å². The Morgan fingerprint density at radius 1 is 0.486 bits per heavy atom. The van der Waals surface area contributed by atoms with Crippen molar-refractivity contribution in [3.63, 3.8) is 0 Å². The minimum Gasteiger partial charge on any atom is -0.0656 e. The van der Waals surface area contributed by atoms with Crippen LogP contribution in [0.15, 0.2) is 108 Å². The highest BCUT2D eigenvalue weighted by atomic mass is 28.2. The molecule has 0 saturated carbocycles. The summed E-state index contributed by atoms with van der Waals surface area (Å²) in [5.41, 5.74) is 13.9. The number of allylic oxidation sites excluding steroid dienone is 2. The molecule has 0 nitrogen and oxygen atoms in total. The zero-order valence-corrected chi connectivity index (χ0v) is 21.9. The standard InChI is InChI=1S/C34H30Si/c1-23-21-29-27(25-13-7-5-8-14-25)17-11-19-31(29)33(23,3)35-34(4)24(2)22-30-28(18-12-20-32(30)34)26-15-9-6-10-16-26/h5-22H,1-4H3. The molecule has 2 aliphatic rings. The first-order chi connectivity index (χ1) is 16.9. The fourth-order valence-electron chi connectivity index (χ4n) is 6.03. The molecule has 2 radical (unpaired) electrons. The number of hydrogen-bond donors (Lipinski definition) is 0. The second kappa shape index (κ2) is 8.07. The van der Waals surface area contributed by atoms with E-state index in [1.165, 1.54) is 55.7 Å². The molecule has 170 valence electrons. The Morgan fingerprint density at radius 2 is 0.886 bits per heavy atom. The third kappa shape index (κ3) is 3.33. The van der Waals surface area contributed by atoms with E-state index in [0.717, 1.165) is 0 Å². The molecule has 0 N–H and O–H groups in total.